The van der Waals surface area contributed by atoms with Crippen LogP contribution in [0.2, 0.25) is 0 Å². The van der Waals surface area contributed by atoms with Gasteiger partial charge in [-0.3, -0.25) is 0 Å². The Bertz CT molecular complexity index is 411. The maximum Gasteiger partial charge on any atom is 0.410 e. The topological polar surface area (TPSA) is 50.8 Å². The molecule has 2 aliphatic heterocycles. The third-order valence-corrected chi connectivity index (χ3v) is 5.48. The molecular formula is C19H36N2O3. The zero-order valence-corrected chi connectivity index (χ0v) is 16.2. The molecule has 2 unspecified atom stereocenters. The van der Waals surface area contributed by atoms with Crippen molar-refractivity contribution in [2.45, 2.75) is 84.5 Å². The van der Waals surface area contributed by atoms with Crippen LogP contribution in [0.4, 0.5) is 4.79 Å². The zero-order valence-electron chi connectivity index (χ0n) is 16.2. The van der Waals surface area contributed by atoms with Gasteiger partial charge in [0.25, 0.3) is 0 Å². The highest BCUT2D eigenvalue weighted by atomic mass is 16.6. The lowest BCUT2D eigenvalue weighted by Gasteiger charge is -2.43. The van der Waals surface area contributed by atoms with Crippen molar-refractivity contribution in [1.29, 1.82) is 0 Å². The molecule has 0 bridgehead atoms. The molecule has 2 atom stereocenters. The van der Waals surface area contributed by atoms with Gasteiger partial charge in [0.1, 0.15) is 5.60 Å². The van der Waals surface area contributed by atoms with Crippen molar-refractivity contribution < 1.29 is 14.3 Å². The third-order valence-electron chi connectivity index (χ3n) is 5.48. The first-order valence-corrected chi connectivity index (χ1v) is 9.56. The summed E-state index contributed by atoms with van der Waals surface area (Å²) in [5, 5.41) is 3.78. The predicted molar refractivity (Wildman–Crippen MR) is 96.2 cm³/mol. The van der Waals surface area contributed by atoms with Crippen molar-refractivity contribution in [2.75, 3.05) is 26.2 Å². The number of carbonyl (C=O) groups excluding carboxylic acids is 1. The Morgan fingerprint density at radius 2 is 2.00 bits per heavy atom. The fourth-order valence-corrected chi connectivity index (χ4v) is 3.69. The second-order valence-electron chi connectivity index (χ2n) is 8.60. The number of hydrogen-bond donors (Lipinski definition) is 1. The molecule has 1 amide bonds. The number of piperidine rings is 1. The van der Waals surface area contributed by atoms with Gasteiger partial charge in [-0.1, -0.05) is 6.92 Å². The van der Waals surface area contributed by atoms with Gasteiger partial charge in [0.05, 0.1) is 6.10 Å². The van der Waals surface area contributed by atoms with Crippen molar-refractivity contribution in [1.82, 2.24) is 10.2 Å². The highest BCUT2D eigenvalue weighted by Gasteiger charge is 2.36. The molecule has 0 aromatic carbocycles. The first-order chi connectivity index (χ1) is 11.2. The molecule has 0 aliphatic carbocycles. The maximum absolute atomic E-state index is 12.2. The van der Waals surface area contributed by atoms with E-state index in [1.54, 1.807) is 0 Å². The molecule has 0 saturated carbocycles. The molecule has 5 heteroatoms. The monoisotopic (exact) mass is 340 g/mol. The molecule has 24 heavy (non-hydrogen) atoms. The molecule has 2 heterocycles. The van der Waals surface area contributed by atoms with E-state index < -0.39 is 5.60 Å². The Morgan fingerprint density at radius 1 is 1.33 bits per heavy atom. The van der Waals surface area contributed by atoms with Crippen molar-refractivity contribution >= 4 is 6.09 Å². The normalized spacial score (nSPS) is 27.8. The number of nitrogens with one attached hydrogen (secondary N) is 1. The summed E-state index contributed by atoms with van der Waals surface area (Å²) in [7, 11) is 0. The number of hydrogen-bond acceptors (Lipinski definition) is 4. The lowest BCUT2D eigenvalue weighted by Crippen LogP contribution is -2.50. The van der Waals surface area contributed by atoms with Crippen LogP contribution < -0.4 is 5.32 Å². The minimum atomic E-state index is -0.419. The molecule has 0 spiro atoms. The fraction of sp³-hybridized carbons (Fsp3) is 0.947. The lowest BCUT2D eigenvalue weighted by atomic mass is 9.76. The smallest absolute Gasteiger partial charge is 0.410 e. The van der Waals surface area contributed by atoms with Crippen LogP contribution in [0.3, 0.4) is 0 Å². The maximum atomic E-state index is 12.2. The van der Waals surface area contributed by atoms with Gasteiger partial charge in [-0.25, -0.2) is 4.79 Å². The van der Waals surface area contributed by atoms with Gasteiger partial charge in [0.2, 0.25) is 0 Å². The molecule has 0 aromatic heterocycles. The van der Waals surface area contributed by atoms with Crippen LogP contribution in [0.5, 0.6) is 0 Å². The van der Waals surface area contributed by atoms with Crippen LogP contribution in [0.15, 0.2) is 0 Å². The first-order valence-electron chi connectivity index (χ1n) is 9.56. The minimum absolute atomic E-state index is 0.168. The molecule has 2 aliphatic rings. The van der Waals surface area contributed by atoms with Gasteiger partial charge in [0.15, 0.2) is 0 Å². The van der Waals surface area contributed by atoms with Crippen LogP contribution in [0.25, 0.3) is 0 Å². The van der Waals surface area contributed by atoms with Crippen LogP contribution >= 0.6 is 0 Å². The summed E-state index contributed by atoms with van der Waals surface area (Å²) in [6, 6.07) is 0.570. The summed E-state index contributed by atoms with van der Waals surface area (Å²) >= 11 is 0. The van der Waals surface area contributed by atoms with Crippen LogP contribution in [0.1, 0.15) is 66.7 Å². The molecule has 0 aromatic rings. The summed E-state index contributed by atoms with van der Waals surface area (Å²) in [6.07, 6.45) is 5.66. The second-order valence-corrected chi connectivity index (χ2v) is 8.60. The van der Waals surface area contributed by atoms with Gasteiger partial charge < -0.3 is 19.7 Å². The van der Waals surface area contributed by atoms with E-state index in [4.69, 9.17) is 9.47 Å². The van der Waals surface area contributed by atoms with Gasteiger partial charge in [-0.15, -0.1) is 0 Å². The summed E-state index contributed by atoms with van der Waals surface area (Å²) < 4.78 is 11.1. The van der Waals surface area contributed by atoms with E-state index in [0.717, 1.165) is 58.3 Å². The zero-order chi connectivity index (χ0) is 17.8. The summed E-state index contributed by atoms with van der Waals surface area (Å²) in [5.41, 5.74) is -0.113. The number of rotatable bonds is 4. The standard InChI is InChI=1S/C19H36N2O3/c1-6-19(14-20-16-7-12-23-15(2)13-16)8-10-21(11-9-19)17(22)24-18(3,4)5/h15-16,20H,6-14H2,1-5H3. The van der Waals surface area contributed by atoms with Gasteiger partial charge in [-0.05, 0) is 65.2 Å². The Morgan fingerprint density at radius 3 is 2.54 bits per heavy atom. The van der Waals surface area contributed by atoms with E-state index in [0.29, 0.717) is 17.6 Å². The molecule has 2 fully saturated rings. The molecule has 140 valence electrons. The lowest BCUT2D eigenvalue weighted by molar-refractivity contribution is 0.00118. The van der Waals surface area contributed by atoms with Gasteiger partial charge >= 0.3 is 6.09 Å². The average Bonchev–Trinajstić information content (AvgIpc) is 2.52. The number of carbonyl (C=O) groups is 1. The highest BCUT2D eigenvalue weighted by molar-refractivity contribution is 5.68. The summed E-state index contributed by atoms with van der Waals surface area (Å²) in [4.78, 5) is 14.1. The molecule has 5 nitrogen and oxygen atoms in total. The van der Waals surface area contributed by atoms with Crippen LogP contribution in [-0.4, -0.2) is 55.0 Å². The molecule has 0 radical (unpaired) electrons. The quantitative estimate of drug-likeness (QED) is 0.850. The number of likely N-dealkylation sites (tertiary alicyclic amines) is 1. The van der Waals surface area contributed by atoms with E-state index >= 15 is 0 Å². The Balaban J connectivity index is 1.81. The number of amides is 1. The number of nitrogens with zero attached hydrogens (tertiary/aromatic N) is 1. The Hall–Kier alpha value is -0.810. The van der Waals surface area contributed by atoms with Crippen molar-refractivity contribution in [2.24, 2.45) is 5.41 Å². The van der Waals surface area contributed by atoms with Crippen molar-refractivity contribution in [3.8, 4) is 0 Å². The minimum Gasteiger partial charge on any atom is -0.444 e. The fourth-order valence-electron chi connectivity index (χ4n) is 3.69. The number of ether oxygens (including phenoxy) is 2. The van der Waals surface area contributed by atoms with Crippen LogP contribution in [-0.2, 0) is 9.47 Å². The van der Waals surface area contributed by atoms with E-state index in [1.165, 1.54) is 0 Å². The first kappa shape index (κ1) is 19.5. The molecule has 2 rings (SSSR count). The predicted octanol–water partition coefficient (Wildman–Crippen LogP) is 3.57. The van der Waals surface area contributed by atoms with E-state index in [2.05, 4.69) is 19.2 Å². The highest BCUT2D eigenvalue weighted by Crippen LogP contribution is 2.35. The van der Waals surface area contributed by atoms with Crippen molar-refractivity contribution in [3.63, 3.8) is 0 Å². The summed E-state index contributed by atoms with van der Waals surface area (Å²) in [5.74, 6) is 0. The Labute approximate surface area is 147 Å². The van der Waals surface area contributed by atoms with Gasteiger partial charge in [0, 0.05) is 32.3 Å². The molecule has 1 N–H and O–H groups in total. The van der Waals surface area contributed by atoms with Crippen molar-refractivity contribution in [3.05, 3.63) is 0 Å². The van der Waals surface area contributed by atoms with E-state index in [-0.39, 0.29) is 6.09 Å². The SMILES string of the molecule is CCC1(CNC2CCOC(C)C2)CCN(C(=O)OC(C)(C)C)CC1. The van der Waals surface area contributed by atoms with Crippen LogP contribution in [0, 0.1) is 5.41 Å². The van der Waals surface area contributed by atoms with E-state index in [9.17, 15) is 4.79 Å². The summed E-state index contributed by atoms with van der Waals surface area (Å²) in [6.45, 7) is 13.7. The average molecular weight is 341 g/mol. The largest absolute Gasteiger partial charge is 0.444 e. The van der Waals surface area contributed by atoms with E-state index in [1.807, 2.05) is 25.7 Å². The second kappa shape index (κ2) is 8.05. The van der Waals surface area contributed by atoms with Gasteiger partial charge in [-0.2, -0.15) is 0 Å². The Kier molecular flexibility index (Phi) is 6.54. The molecular weight excluding hydrogens is 304 g/mol. The molecule has 2 saturated heterocycles. The third kappa shape index (κ3) is 5.62.